The van der Waals surface area contributed by atoms with E-state index in [0.29, 0.717) is 0 Å². The van der Waals surface area contributed by atoms with Crippen LogP contribution in [0.2, 0.25) is 0 Å². The Kier molecular flexibility index (Phi) is 8.24. The van der Waals surface area contributed by atoms with Gasteiger partial charge in [-0.3, -0.25) is 4.79 Å². The molecule has 0 spiro atoms. The topological polar surface area (TPSA) is 17.1 Å². The lowest BCUT2D eigenvalue weighted by molar-refractivity contribution is -0.104. The second-order valence-electron chi connectivity index (χ2n) is 2.41. The first-order valence-corrected chi connectivity index (χ1v) is 5.24. The third-order valence-corrected chi connectivity index (χ3v) is 2.39. The highest BCUT2D eigenvalue weighted by atomic mass is 32.2. The Morgan fingerprint density at radius 1 is 1.50 bits per heavy atom. The van der Waals surface area contributed by atoms with Crippen molar-refractivity contribution in [3.8, 4) is 0 Å². The van der Waals surface area contributed by atoms with Gasteiger partial charge in [0, 0.05) is 4.91 Å². The van der Waals surface area contributed by atoms with Crippen molar-refractivity contribution in [1.29, 1.82) is 0 Å². The Morgan fingerprint density at radius 2 is 2.25 bits per heavy atom. The van der Waals surface area contributed by atoms with E-state index in [1.165, 1.54) is 12.8 Å². The minimum Gasteiger partial charge on any atom is -0.297 e. The monoisotopic (exact) mass is 184 g/mol. The van der Waals surface area contributed by atoms with E-state index in [4.69, 9.17) is 0 Å². The molecule has 0 aliphatic heterocycles. The number of carbonyl (C=O) groups excluding carboxylic acids is 1. The maximum atomic E-state index is 10.5. The Hall–Kier alpha value is -0.500. The SMILES string of the molecule is C/C=C\C=C(\C=O)SCCCC. The fraction of sp³-hybridized carbons (Fsp3) is 0.500. The fourth-order valence-electron chi connectivity index (χ4n) is 0.647. The number of thioether (sulfide) groups is 1. The summed E-state index contributed by atoms with van der Waals surface area (Å²) in [5.41, 5.74) is 0. The van der Waals surface area contributed by atoms with Gasteiger partial charge in [-0.1, -0.05) is 25.5 Å². The Morgan fingerprint density at radius 3 is 2.75 bits per heavy atom. The van der Waals surface area contributed by atoms with Crippen molar-refractivity contribution in [3.05, 3.63) is 23.1 Å². The maximum Gasteiger partial charge on any atom is 0.156 e. The van der Waals surface area contributed by atoms with E-state index >= 15 is 0 Å². The van der Waals surface area contributed by atoms with Crippen molar-refractivity contribution >= 4 is 18.0 Å². The van der Waals surface area contributed by atoms with Crippen molar-refractivity contribution in [1.82, 2.24) is 0 Å². The summed E-state index contributed by atoms with van der Waals surface area (Å²) in [5.74, 6) is 1.04. The highest BCUT2D eigenvalue weighted by Gasteiger charge is 1.93. The van der Waals surface area contributed by atoms with Gasteiger partial charge in [0.1, 0.15) is 0 Å². The van der Waals surface area contributed by atoms with Gasteiger partial charge in [0.15, 0.2) is 6.29 Å². The molecule has 0 atom stereocenters. The van der Waals surface area contributed by atoms with Gasteiger partial charge in [-0.2, -0.15) is 0 Å². The molecule has 0 fully saturated rings. The summed E-state index contributed by atoms with van der Waals surface area (Å²) in [6.45, 7) is 4.09. The number of allylic oxidation sites excluding steroid dienone is 4. The smallest absolute Gasteiger partial charge is 0.156 e. The predicted octanol–water partition coefficient (Wildman–Crippen LogP) is 3.18. The molecule has 0 aromatic rings. The van der Waals surface area contributed by atoms with Crippen LogP contribution < -0.4 is 0 Å². The van der Waals surface area contributed by atoms with Crippen molar-refractivity contribution in [2.45, 2.75) is 26.7 Å². The Labute approximate surface area is 78.9 Å². The highest BCUT2D eigenvalue weighted by Crippen LogP contribution is 2.14. The van der Waals surface area contributed by atoms with Crippen LogP contribution in [-0.2, 0) is 4.79 Å². The van der Waals surface area contributed by atoms with Gasteiger partial charge in [0.25, 0.3) is 0 Å². The molecular formula is C10H16OS. The van der Waals surface area contributed by atoms with Crippen LogP contribution in [0.4, 0.5) is 0 Å². The maximum absolute atomic E-state index is 10.5. The molecule has 0 heterocycles. The van der Waals surface area contributed by atoms with Crippen molar-refractivity contribution in [2.75, 3.05) is 5.75 Å². The van der Waals surface area contributed by atoms with Gasteiger partial charge in [0.05, 0.1) is 0 Å². The van der Waals surface area contributed by atoms with Crippen molar-refractivity contribution in [2.24, 2.45) is 0 Å². The van der Waals surface area contributed by atoms with Crippen molar-refractivity contribution < 1.29 is 4.79 Å². The third kappa shape index (κ3) is 6.23. The van der Waals surface area contributed by atoms with Gasteiger partial charge in [-0.25, -0.2) is 0 Å². The molecule has 0 aliphatic carbocycles. The molecule has 2 heteroatoms. The Balaban J connectivity index is 3.74. The summed E-state index contributed by atoms with van der Waals surface area (Å²) >= 11 is 1.63. The van der Waals surface area contributed by atoms with E-state index in [9.17, 15) is 4.79 Å². The van der Waals surface area contributed by atoms with E-state index in [1.54, 1.807) is 11.8 Å². The summed E-state index contributed by atoms with van der Waals surface area (Å²) in [5, 5.41) is 0. The lowest BCUT2D eigenvalue weighted by Gasteiger charge is -1.96. The molecule has 0 bridgehead atoms. The molecule has 0 rings (SSSR count). The molecule has 0 radical (unpaired) electrons. The second kappa shape index (κ2) is 8.60. The Bertz CT molecular complexity index is 171. The molecule has 68 valence electrons. The van der Waals surface area contributed by atoms with E-state index in [0.717, 1.165) is 16.9 Å². The molecular weight excluding hydrogens is 168 g/mol. The van der Waals surface area contributed by atoms with Crippen LogP contribution in [0.25, 0.3) is 0 Å². The number of hydrogen-bond acceptors (Lipinski definition) is 2. The minimum atomic E-state index is 0.821. The molecule has 0 unspecified atom stereocenters. The first-order valence-electron chi connectivity index (χ1n) is 4.26. The lowest BCUT2D eigenvalue weighted by atomic mass is 10.4. The van der Waals surface area contributed by atoms with E-state index in [1.807, 2.05) is 25.2 Å². The zero-order valence-corrected chi connectivity index (χ0v) is 8.56. The van der Waals surface area contributed by atoms with Gasteiger partial charge in [-0.05, 0) is 25.2 Å². The normalized spacial score (nSPS) is 12.3. The third-order valence-electron chi connectivity index (χ3n) is 1.34. The molecule has 0 N–H and O–H groups in total. The summed E-state index contributed by atoms with van der Waals surface area (Å²) in [7, 11) is 0. The first-order chi connectivity index (χ1) is 5.85. The molecule has 1 nitrogen and oxygen atoms in total. The van der Waals surface area contributed by atoms with Gasteiger partial charge >= 0.3 is 0 Å². The van der Waals surface area contributed by atoms with E-state index in [-0.39, 0.29) is 0 Å². The van der Waals surface area contributed by atoms with Crippen molar-refractivity contribution in [3.63, 3.8) is 0 Å². The summed E-state index contributed by atoms with van der Waals surface area (Å²) in [6.07, 6.45) is 8.94. The number of unbranched alkanes of at least 4 members (excludes halogenated alkanes) is 1. The molecule has 0 saturated heterocycles. The molecule has 0 aromatic heterocycles. The molecule has 0 amide bonds. The number of carbonyl (C=O) groups is 1. The number of hydrogen-bond donors (Lipinski definition) is 0. The molecule has 12 heavy (non-hydrogen) atoms. The summed E-state index contributed by atoms with van der Waals surface area (Å²) in [4.78, 5) is 11.3. The minimum absolute atomic E-state index is 0.821. The predicted molar refractivity (Wildman–Crippen MR) is 56.3 cm³/mol. The largest absolute Gasteiger partial charge is 0.297 e. The van der Waals surface area contributed by atoms with Gasteiger partial charge < -0.3 is 0 Å². The molecule has 0 saturated carbocycles. The second-order valence-corrected chi connectivity index (χ2v) is 3.58. The zero-order valence-electron chi connectivity index (χ0n) is 7.75. The van der Waals surface area contributed by atoms with Crippen LogP contribution in [0.15, 0.2) is 23.1 Å². The zero-order chi connectivity index (χ0) is 9.23. The summed E-state index contributed by atoms with van der Waals surface area (Å²) < 4.78 is 0. The number of rotatable bonds is 6. The average molecular weight is 184 g/mol. The lowest BCUT2D eigenvalue weighted by Crippen LogP contribution is -1.82. The molecule has 0 aliphatic rings. The van der Waals surface area contributed by atoms with Crippen LogP contribution in [0.3, 0.4) is 0 Å². The molecule has 0 aromatic carbocycles. The highest BCUT2D eigenvalue weighted by molar-refractivity contribution is 8.03. The van der Waals surface area contributed by atoms with Gasteiger partial charge in [0.2, 0.25) is 0 Å². The quantitative estimate of drug-likeness (QED) is 0.273. The standard InChI is InChI=1S/C10H16OS/c1-3-5-7-10(9-11)12-8-6-4-2/h3,5,7,9H,4,6,8H2,1-2H3/b5-3-,10-7-. The fourth-order valence-corrected chi connectivity index (χ4v) is 1.56. The van der Waals surface area contributed by atoms with Crippen LogP contribution in [0.5, 0.6) is 0 Å². The van der Waals surface area contributed by atoms with Crippen LogP contribution in [-0.4, -0.2) is 12.0 Å². The van der Waals surface area contributed by atoms with E-state index in [2.05, 4.69) is 6.92 Å². The van der Waals surface area contributed by atoms with Crippen LogP contribution in [0, 0.1) is 0 Å². The average Bonchev–Trinajstić information content (AvgIpc) is 2.11. The van der Waals surface area contributed by atoms with Crippen LogP contribution >= 0.6 is 11.8 Å². The van der Waals surface area contributed by atoms with Crippen LogP contribution in [0.1, 0.15) is 26.7 Å². The van der Waals surface area contributed by atoms with E-state index < -0.39 is 0 Å². The first kappa shape index (κ1) is 11.5. The summed E-state index contributed by atoms with van der Waals surface area (Å²) in [6, 6.07) is 0. The van der Waals surface area contributed by atoms with Gasteiger partial charge in [-0.15, -0.1) is 11.8 Å². The number of aldehydes is 1.